The summed E-state index contributed by atoms with van der Waals surface area (Å²) in [5.74, 6) is 2.37. The Bertz CT molecular complexity index is 430. The van der Waals surface area contributed by atoms with Gasteiger partial charge in [0.05, 0.1) is 0 Å². The van der Waals surface area contributed by atoms with E-state index in [2.05, 4.69) is 31.4 Å². The van der Waals surface area contributed by atoms with Crippen LogP contribution in [-0.2, 0) is 4.79 Å². The van der Waals surface area contributed by atoms with E-state index in [4.69, 9.17) is 5.11 Å². The van der Waals surface area contributed by atoms with Crippen molar-refractivity contribution in [3.63, 3.8) is 0 Å². The van der Waals surface area contributed by atoms with Gasteiger partial charge >= 0.3 is 146 Å². The number of carbonyl (C=O) groups is 1. The molecule has 0 saturated heterocycles. The molecule has 0 aromatic rings. The first-order valence-electron chi connectivity index (χ1n) is 9.10. The third-order valence-electron chi connectivity index (χ3n) is 4.14. The first kappa shape index (κ1) is 22.1. The van der Waals surface area contributed by atoms with Crippen LogP contribution < -0.4 is 0 Å². The monoisotopic (exact) mass is 380 g/mol. The van der Waals surface area contributed by atoms with Gasteiger partial charge in [0.2, 0.25) is 0 Å². The van der Waals surface area contributed by atoms with Crippen LogP contribution in [0, 0.1) is 10.7 Å². The van der Waals surface area contributed by atoms with E-state index in [0.29, 0.717) is 0 Å². The number of hydrogen-bond donors (Lipinski definition) is 1. The number of aliphatic carboxylic acids is 1. The maximum atomic E-state index is 10.6. The van der Waals surface area contributed by atoms with Crippen LogP contribution in [0.2, 0.25) is 15.8 Å². The van der Waals surface area contributed by atoms with Crippen molar-refractivity contribution >= 4 is 19.2 Å². The van der Waals surface area contributed by atoms with Crippen molar-refractivity contribution in [2.24, 2.45) is 0 Å². The SMILES string of the molecule is CCC[CH2][Ge]([C]#C/C=C/C(C)=C/C(=O)O)([CH2]CCC)[CH2]CCC. The van der Waals surface area contributed by atoms with Crippen LogP contribution in [0.15, 0.2) is 23.8 Å². The summed E-state index contributed by atoms with van der Waals surface area (Å²) in [4.78, 5) is 10.6. The van der Waals surface area contributed by atoms with Crippen molar-refractivity contribution in [3.05, 3.63) is 23.8 Å². The molecule has 0 unspecified atom stereocenters. The Balaban J connectivity index is 5.12. The molecule has 0 aliphatic heterocycles. The van der Waals surface area contributed by atoms with Gasteiger partial charge in [-0.2, -0.15) is 0 Å². The van der Waals surface area contributed by atoms with Gasteiger partial charge in [0, 0.05) is 0 Å². The predicted molar refractivity (Wildman–Crippen MR) is 103 cm³/mol. The van der Waals surface area contributed by atoms with Crippen LogP contribution in [0.4, 0.5) is 0 Å². The van der Waals surface area contributed by atoms with Crippen LogP contribution in [-0.4, -0.2) is 24.3 Å². The van der Waals surface area contributed by atoms with Crippen molar-refractivity contribution in [2.45, 2.75) is 82.0 Å². The molecule has 0 fully saturated rings. The third kappa shape index (κ3) is 11.3. The van der Waals surface area contributed by atoms with Crippen molar-refractivity contribution in [3.8, 4) is 10.7 Å². The molecule has 3 heteroatoms. The minimum atomic E-state index is -2.09. The van der Waals surface area contributed by atoms with Crippen molar-refractivity contribution in [2.75, 3.05) is 0 Å². The van der Waals surface area contributed by atoms with E-state index in [1.807, 2.05) is 12.2 Å². The summed E-state index contributed by atoms with van der Waals surface area (Å²) in [5.41, 5.74) is 0.737. The number of carboxylic acid groups (broad SMARTS) is 1. The fourth-order valence-corrected chi connectivity index (χ4v) is 12.4. The predicted octanol–water partition coefficient (Wildman–Crippen LogP) is 5.97. The van der Waals surface area contributed by atoms with Gasteiger partial charge in [0.1, 0.15) is 0 Å². The van der Waals surface area contributed by atoms with Gasteiger partial charge in [0.25, 0.3) is 0 Å². The summed E-state index contributed by atoms with van der Waals surface area (Å²) in [7, 11) is 0. The van der Waals surface area contributed by atoms with Crippen LogP contribution >= 0.6 is 0 Å². The standard InChI is InChI=1S/C20H34GeO2/c1-5-8-14-21(15-9-6-2,16-10-7-3)17-12-11-13-19(4)18-20(22)23/h11,13,18H,5-10,14-16H2,1-4H3,(H,22,23)/b13-11+,19-18+. The second-order valence-corrected chi connectivity index (χ2v) is 15.5. The normalized spacial score (nSPS) is 12.3. The molecule has 0 spiro atoms. The van der Waals surface area contributed by atoms with E-state index in [0.717, 1.165) is 5.57 Å². The van der Waals surface area contributed by atoms with Crippen LogP contribution in [0.1, 0.15) is 66.2 Å². The van der Waals surface area contributed by atoms with Gasteiger partial charge in [-0.05, 0) is 0 Å². The topological polar surface area (TPSA) is 37.3 Å². The van der Waals surface area contributed by atoms with E-state index >= 15 is 0 Å². The molecule has 0 heterocycles. The van der Waals surface area contributed by atoms with Gasteiger partial charge in [-0.1, -0.05) is 0 Å². The Morgan fingerprint density at radius 1 is 1.00 bits per heavy atom. The fourth-order valence-electron chi connectivity index (χ4n) is 2.72. The summed E-state index contributed by atoms with van der Waals surface area (Å²) >= 11 is -2.09. The van der Waals surface area contributed by atoms with E-state index in [-0.39, 0.29) is 0 Å². The molecule has 130 valence electrons. The van der Waals surface area contributed by atoms with Crippen molar-refractivity contribution < 1.29 is 9.90 Å². The first-order chi connectivity index (χ1) is 11.0. The second-order valence-electron chi connectivity index (χ2n) is 6.42. The molecular weight excluding hydrogens is 345 g/mol. The summed E-state index contributed by atoms with van der Waals surface area (Å²) in [5, 5.41) is 12.8. The molecule has 0 radical (unpaired) electrons. The number of unbranched alkanes of at least 4 members (excludes halogenated alkanes) is 3. The number of allylic oxidation sites excluding steroid dienone is 3. The third-order valence-corrected chi connectivity index (χ3v) is 13.8. The molecule has 0 aromatic carbocycles. The van der Waals surface area contributed by atoms with Gasteiger partial charge in [0.15, 0.2) is 0 Å². The zero-order valence-electron chi connectivity index (χ0n) is 15.5. The Hall–Kier alpha value is -0.947. The minimum absolute atomic E-state index is 0.737. The molecule has 0 atom stereocenters. The van der Waals surface area contributed by atoms with Gasteiger partial charge in [-0.25, -0.2) is 0 Å². The summed E-state index contributed by atoms with van der Waals surface area (Å²) in [6.45, 7) is 8.59. The van der Waals surface area contributed by atoms with Crippen LogP contribution in [0.5, 0.6) is 0 Å². The second kappa shape index (κ2) is 13.5. The molecule has 0 bridgehead atoms. The van der Waals surface area contributed by atoms with Crippen molar-refractivity contribution in [1.82, 2.24) is 0 Å². The van der Waals surface area contributed by atoms with Gasteiger partial charge < -0.3 is 0 Å². The molecule has 1 N–H and O–H groups in total. The molecule has 0 aliphatic carbocycles. The molecule has 23 heavy (non-hydrogen) atoms. The number of rotatable bonds is 11. The summed E-state index contributed by atoms with van der Waals surface area (Å²) < 4.78 is 3.72. The zero-order valence-corrected chi connectivity index (χ0v) is 17.5. The van der Waals surface area contributed by atoms with Gasteiger partial charge in [-0.3, -0.25) is 0 Å². The maximum absolute atomic E-state index is 10.6. The average molecular weight is 379 g/mol. The summed E-state index contributed by atoms with van der Waals surface area (Å²) in [6, 6.07) is 0. The Morgan fingerprint density at radius 3 is 1.87 bits per heavy atom. The number of hydrogen-bond acceptors (Lipinski definition) is 1. The molecule has 0 amide bonds. The van der Waals surface area contributed by atoms with E-state index < -0.39 is 19.2 Å². The molecule has 0 aromatic heterocycles. The summed E-state index contributed by atoms with van der Waals surface area (Å²) in [6.07, 6.45) is 12.6. The average Bonchev–Trinajstić information content (AvgIpc) is 2.51. The van der Waals surface area contributed by atoms with Crippen molar-refractivity contribution in [1.29, 1.82) is 0 Å². The quantitative estimate of drug-likeness (QED) is 0.208. The van der Waals surface area contributed by atoms with Crippen LogP contribution in [0.25, 0.3) is 0 Å². The molecule has 0 saturated carbocycles. The van der Waals surface area contributed by atoms with E-state index in [9.17, 15) is 4.79 Å². The fraction of sp³-hybridized carbons (Fsp3) is 0.650. The van der Waals surface area contributed by atoms with E-state index in [1.165, 1.54) is 60.4 Å². The van der Waals surface area contributed by atoms with Crippen LogP contribution in [0.3, 0.4) is 0 Å². The molecule has 0 rings (SSSR count). The Kier molecular flexibility index (Phi) is 12.9. The number of carboxylic acids is 1. The van der Waals surface area contributed by atoms with Gasteiger partial charge in [-0.15, -0.1) is 0 Å². The molecule has 2 nitrogen and oxygen atoms in total. The first-order valence-corrected chi connectivity index (χ1v) is 14.6. The van der Waals surface area contributed by atoms with E-state index in [1.54, 1.807) is 6.92 Å². The Labute approximate surface area is 145 Å². The Morgan fingerprint density at radius 2 is 1.48 bits per heavy atom. The molecule has 0 aliphatic rings. The molecular formula is C20H34GeO2. The zero-order chi connectivity index (χ0) is 17.6.